The SMILES string of the molecule is CC(NS(=O)(=O)CC(=O)c1ccccc1)C(=O)O. The van der Waals surface area contributed by atoms with Crippen molar-refractivity contribution in [2.24, 2.45) is 0 Å². The molecule has 18 heavy (non-hydrogen) atoms. The second-order valence-electron chi connectivity index (χ2n) is 3.73. The minimum atomic E-state index is -3.95. The number of hydrogen-bond acceptors (Lipinski definition) is 4. The predicted octanol–water partition coefficient (Wildman–Crippen LogP) is 0.262. The van der Waals surface area contributed by atoms with E-state index in [0.29, 0.717) is 0 Å². The molecule has 0 amide bonds. The van der Waals surface area contributed by atoms with Crippen LogP contribution in [0.4, 0.5) is 0 Å². The number of hydrogen-bond donors (Lipinski definition) is 2. The highest BCUT2D eigenvalue weighted by atomic mass is 32.2. The highest BCUT2D eigenvalue weighted by Crippen LogP contribution is 2.02. The maximum atomic E-state index is 11.6. The van der Waals surface area contributed by atoms with Crippen molar-refractivity contribution in [3.05, 3.63) is 35.9 Å². The van der Waals surface area contributed by atoms with E-state index in [0.717, 1.165) is 0 Å². The Morgan fingerprint density at radius 2 is 1.83 bits per heavy atom. The van der Waals surface area contributed by atoms with E-state index < -0.39 is 33.6 Å². The molecule has 0 aliphatic heterocycles. The van der Waals surface area contributed by atoms with Gasteiger partial charge in [0, 0.05) is 5.56 Å². The first-order valence-electron chi connectivity index (χ1n) is 5.13. The van der Waals surface area contributed by atoms with Crippen LogP contribution in [0.3, 0.4) is 0 Å². The van der Waals surface area contributed by atoms with E-state index in [1.165, 1.54) is 19.1 Å². The second-order valence-corrected chi connectivity index (χ2v) is 5.48. The Morgan fingerprint density at radius 3 is 2.33 bits per heavy atom. The summed E-state index contributed by atoms with van der Waals surface area (Å²) in [6.45, 7) is 1.19. The smallest absolute Gasteiger partial charge is 0.321 e. The maximum Gasteiger partial charge on any atom is 0.321 e. The summed E-state index contributed by atoms with van der Waals surface area (Å²) in [6.07, 6.45) is 0. The lowest BCUT2D eigenvalue weighted by Crippen LogP contribution is -2.41. The first kappa shape index (κ1) is 14.3. The van der Waals surface area contributed by atoms with Gasteiger partial charge >= 0.3 is 5.97 Å². The number of rotatable bonds is 6. The van der Waals surface area contributed by atoms with E-state index in [1.807, 2.05) is 4.72 Å². The number of carbonyl (C=O) groups is 2. The predicted molar refractivity (Wildman–Crippen MR) is 64.8 cm³/mol. The number of nitrogens with one attached hydrogen (secondary N) is 1. The van der Waals surface area contributed by atoms with E-state index in [9.17, 15) is 18.0 Å². The second kappa shape index (κ2) is 5.74. The van der Waals surface area contributed by atoms with Crippen molar-refractivity contribution in [2.45, 2.75) is 13.0 Å². The molecule has 0 bridgehead atoms. The fourth-order valence-corrected chi connectivity index (χ4v) is 2.48. The molecular weight excluding hydrogens is 258 g/mol. The average molecular weight is 271 g/mol. The Morgan fingerprint density at radius 1 is 1.28 bits per heavy atom. The quantitative estimate of drug-likeness (QED) is 0.723. The Hall–Kier alpha value is -1.73. The summed E-state index contributed by atoms with van der Waals surface area (Å²) in [7, 11) is -3.95. The number of ketones is 1. The molecule has 0 heterocycles. The molecule has 1 atom stereocenters. The average Bonchev–Trinajstić information content (AvgIpc) is 2.28. The zero-order valence-electron chi connectivity index (χ0n) is 9.66. The summed E-state index contributed by atoms with van der Waals surface area (Å²) in [5.41, 5.74) is 0.269. The molecule has 0 aliphatic rings. The molecule has 1 aromatic carbocycles. The Balaban J connectivity index is 2.73. The molecule has 1 unspecified atom stereocenters. The Bertz CT molecular complexity index is 538. The zero-order valence-corrected chi connectivity index (χ0v) is 10.5. The molecule has 2 N–H and O–H groups in total. The number of Topliss-reactive ketones (excluding diaryl/α,β-unsaturated/α-hetero) is 1. The van der Waals surface area contributed by atoms with Gasteiger partial charge in [0.2, 0.25) is 10.0 Å². The van der Waals surface area contributed by atoms with Gasteiger partial charge in [0.25, 0.3) is 0 Å². The fourth-order valence-electron chi connectivity index (χ4n) is 1.24. The summed E-state index contributed by atoms with van der Waals surface area (Å²) < 4.78 is 25.0. The van der Waals surface area contributed by atoms with Gasteiger partial charge in [-0.05, 0) is 6.92 Å². The highest BCUT2D eigenvalue weighted by Gasteiger charge is 2.22. The van der Waals surface area contributed by atoms with Gasteiger partial charge in [-0.3, -0.25) is 9.59 Å². The molecule has 0 saturated carbocycles. The number of benzene rings is 1. The topological polar surface area (TPSA) is 101 Å². The van der Waals surface area contributed by atoms with Crippen molar-refractivity contribution in [1.29, 1.82) is 0 Å². The molecule has 0 aromatic heterocycles. The number of aliphatic carboxylic acids is 1. The first-order chi connectivity index (χ1) is 8.32. The summed E-state index contributed by atoms with van der Waals surface area (Å²) in [5.74, 6) is -2.65. The van der Waals surface area contributed by atoms with Gasteiger partial charge in [-0.15, -0.1) is 0 Å². The van der Waals surface area contributed by atoms with Crippen LogP contribution >= 0.6 is 0 Å². The van der Waals surface area contributed by atoms with Crippen LogP contribution in [0.2, 0.25) is 0 Å². The van der Waals surface area contributed by atoms with Gasteiger partial charge in [0.15, 0.2) is 5.78 Å². The third-order valence-electron chi connectivity index (χ3n) is 2.14. The van der Waals surface area contributed by atoms with Crippen molar-refractivity contribution in [2.75, 3.05) is 5.75 Å². The highest BCUT2D eigenvalue weighted by molar-refractivity contribution is 7.90. The van der Waals surface area contributed by atoms with E-state index in [-0.39, 0.29) is 5.56 Å². The van der Waals surface area contributed by atoms with Gasteiger partial charge in [0.1, 0.15) is 11.8 Å². The lowest BCUT2D eigenvalue weighted by Gasteiger charge is -2.09. The van der Waals surface area contributed by atoms with Crippen LogP contribution in [0.5, 0.6) is 0 Å². The number of carboxylic acid groups (broad SMARTS) is 1. The Labute approximate surface area is 105 Å². The molecule has 0 radical (unpaired) electrons. The molecule has 7 heteroatoms. The van der Waals surface area contributed by atoms with E-state index in [2.05, 4.69) is 0 Å². The minimum Gasteiger partial charge on any atom is -0.480 e. The zero-order chi connectivity index (χ0) is 13.8. The monoisotopic (exact) mass is 271 g/mol. The third-order valence-corrected chi connectivity index (χ3v) is 3.50. The number of sulfonamides is 1. The van der Waals surface area contributed by atoms with Gasteiger partial charge < -0.3 is 5.11 Å². The molecule has 1 aromatic rings. The van der Waals surface area contributed by atoms with Gasteiger partial charge in [-0.2, -0.15) is 0 Å². The van der Waals surface area contributed by atoms with Crippen LogP contribution in [0.1, 0.15) is 17.3 Å². The van der Waals surface area contributed by atoms with Crippen molar-refractivity contribution in [3.63, 3.8) is 0 Å². The van der Waals surface area contributed by atoms with Crippen molar-refractivity contribution >= 4 is 21.8 Å². The summed E-state index contributed by atoms with van der Waals surface area (Å²) >= 11 is 0. The molecule has 98 valence electrons. The van der Waals surface area contributed by atoms with Crippen molar-refractivity contribution in [1.82, 2.24) is 4.72 Å². The lowest BCUT2D eigenvalue weighted by molar-refractivity contribution is -0.138. The van der Waals surface area contributed by atoms with E-state index >= 15 is 0 Å². The maximum absolute atomic E-state index is 11.6. The van der Waals surface area contributed by atoms with Crippen molar-refractivity contribution < 1.29 is 23.1 Å². The molecule has 0 spiro atoms. The van der Waals surface area contributed by atoms with Crippen molar-refractivity contribution in [3.8, 4) is 0 Å². The van der Waals surface area contributed by atoms with Gasteiger partial charge in [0.05, 0.1) is 0 Å². The minimum absolute atomic E-state index is 0.269. The summed E-state index contributed by atoms with van der Waals surface area (Å²) in [4.78, 5) is 22.2. The number of carboxylic acids is 1. The van der Waals surface area contributed by atoms with Crippen LogP contribution in [-0.2, 0) is 14.8 Å². The molecule has 0 aliphatic carbocycles. The third kappa shape index (κ3) is 4.27. The van der Waals surface area contributed by atoms with Crippen LogP contribution in [0.25, 0.3) is 0 Å². The fraction of sp³-hybridized carbons (Fsp3) is 0.273. The molecule has 0 fully saturated rings. The molecule has 0 saturated heterocycles. The van der Waals surface area contributed by atoms with Crippen LogP contribution < -0.4 is 4.72 Å². The summed E-state index contributed by atoms with van der Waals surface area (Å²) in [5, 5.41) is 8.58. The normalized spacial score (nSPS) is 12.9. The Kier molecular flexibility index (Phi) is 4.57. The van der Waals surface area contributed by atoms with Crippen LogP contribution in [0, 0.1) is 0 Å². The lowest BCUT2D eigenvalue weighted by atomic mass is 10.2. The van der Waals surface area contributed by atoms with Gasteiger partial charge in [-0.25, -0.2) is 13.1 Å². The summed E-state index contributed by atoms with van der Waals surface area (Å²) in [6, 6.07) is 6.67. The number of carbonyl (C=O) groups excluding carboxylic acids is 1. The van der Waals surface area contributed by atoms with Crippen LogP contribution in [0.15, 0.2) is 30.3 Å². The molecule has 1 rings (SSSR count). The first-order valence-corrected chi connectivity index (χ1v) is 6.78. The largest absolute Gasteiger partial charge is 0.480 e. The van der Waals surface area contributed by atoms with Gasteiger partial charge in [-0.1, -0.05) is 30.3 Å². The van der Waals surface area contributed by atoms with E-state index in [1.54, 1.807) is 18.2 Å². The van der Waals surface area contributed by atoms with Crippen LogP contribution in [-0.4, -0.2) is 37.1 Å². The molecular formula is C11H13NO5S. The van der Waals surface area contributed by atoms with E-state index in [4.69, 9.17) is 5.11 Å². The molecule has 6 nitrogen and oxygen atoms in total. The standard InChI is InChI=1S/C11H13NO5S/c1-8(11(14)15)12-18(16,17)7-10(13)9-5-3-2-4-6-9/h2-6,8,12H,7H2,1H3,(H,14,15).